The molecule has 0 saturated heterocycles. The largest absolute Gasteiger partial charge is 0.360 e. The van der Waals surface area contributed by atoms with Gasteiger partial charge in [-0.1, -0.05) is 36.4 Å². The van der Waals surface area contributed by atoms with Gasteiger partial charge in [-0.3, -0.25) is 4.79 Å². The molecule has 2 aromatic rings. The first kappa shape index (κ1) is 17.1. The van der Waals surface area contributed by atoms with E-state index in [0.29, 0.717) is 6.54 Å². The van der Waals surface area contributed by atoms with Gasteiger partial charge in [0.25, 0.3) is 0 Å². The van der Waals surface area contributed by atoms with Gasteiger partial charge >= 0.3 is 0 Å². The Hall–Kier alpha value is -2.29. The van der Waals surface area contributed by atoms with E-state index in [1.165, 1.54) is 5.56 Å². The maximum Gasteiger partial charge on any atom is 0.243 e. The van der Waals surface area contributed by atoms with E-state index in [1.54, 1.807) is 0 Å². The highest BCUT2D eigenvalue weighted by Crippen LogP contribution is 2.23. The van der Waals surface area contributed by atoms with Crippen molar-refractivity contribution in [2.45, 2.75) is 40.7 Å². The Morgan fingerprint density at radius 2 is 1.52 bits per heavy atom. The first-order chi connectivity index (χ1) is 10.9. The van der Waals surface area contributed by atoms with Crippen LogP contribution in [0.2, 0.25) is 0 Å². The second-order valence-electron chi connectivity index (χ2n) is 6.32. The molecule has 3 nitrogen and oxygen atoms in total. The average Bonchev–Trinajstić information content (AvgIpc) is 2.49. The highest BCUT2D eigenvalue weighted by Gasteiger charge is 2.17. The van der Waals surface area contributed by atoms with Gasteiger partial charge in [-0.25, -0.2) is 0 Å². The topological polar surface area (TPSA) is 32.3 Å². The van der Waals surface area contributed by atoms with Crippen molar-refractivity contribution >= 4 is 17.3 Å². The highest BCUT2D eigenvalue weighted by atomic mass is 16.2. The number of benzene rings is 2. The normalized spacial score (nSPS) is 10.7. The summed E-state index contributed by atoms with van der Waals surface area (Å²) in [5.41, 5.74) is 5.39. The van der Waals surface area contributed by atoms with Gasteiger partial charge < -0.3 is 10.2 Å². The van der Waals surface area contributed by atoms with E-state index in [-0.39, 0.29) is 11.9 Å². The molecule has 1 N–H and O–H groups in total. The zero-order valence-electron chi connectivity index (χ0n) is 14.7. The molecular formula is C20H26N2O. The van der Waals surface area contributed by atoms with Crippen LogP contribution in [-0.2, 0) is 4.79 Å². The lowest BCUT2D eigenvalue weighted by molar-refractivity contribution is -0.115. The molecule has 0 saturated carbocycles. The van der Waals surface area contributed by atoms with E-state index in [4.69, 9.17) is 0 Å². The van der Waals surface area contributed by atoms with Gasteiger partial charge in [-0.15, -0.1) is 0 Å². The quantitative estimate of drug-likeness (QED) is 0.884. The van der Waals surface area contributed by atoms with Crippen molar-refractivity contribution in [3.05, 3.63) is 59.2 Å². The van der Waals surface area contributed by atoms with E-state index in [0.717, 1.165) is 22.5 Å². The van der Waals surface area contributed by atoms with Crippen LogP contribution in [0, 0.1) is 20.8 Å². The summed E-state index contributed by atoms with van der Waals surface area (Å²) >= 11 is 0. The van der Waals surface area contributed by atoms with Crippen molar-refractivity contribution in [1.29, 1.82) is 0 Å². The molecule has 2 rings (SSSR count). The fourth-order valence-electron chi connectivity index (χ4n) is 2.78. The smallest absolute Gasteiger partial charge is 0.243 e. The summed E-state index contributed by atoms with van der Waals surface area (Å²) in [7, 11) is 0. The number of para-hydroxylation sites is 2. The maximum absolute atomic E-state index is 12.6. The summed E-state index contributed by atoms with van der Waals surface area (Å²) in [6, 6.07) is 14.5. The first-order valence-corrected chi connectivity index (χ1v) is 8.08. The Labute approximate surface area is 139 Å². The summed E-state index contributed by atoms with van der Waals surface area (Å²) in [6.07, 6.45) is 0. The van der Waals surface area contributed by atoms with E-state index in [1.807, 2.05) is 44.2 Å². The molecule has 0 aromatic heterocycles. The lowest BCUT2D eigenvalue weighted by Gasteiger charge is -2.30. The number of nitrogens with zero attached hydrogens (tertiary/aromatic N) is 1. The number of hydrogen-bond acceptors (Lipinski definition) is 2. The van der Waals surface area contributed by atoms with Gasteiger partial charge in [0.2, 0.25) is 5.91 Å². The van der Waals surface area contributed by atoms with Gasteiger partial charge in [-0.05, 0) is 57.4 Å². The third kappa shape index (κ3) is 4.13. The lowest BCUT2D eigenvalue weighted by atomic mass is 10.1. The molecule has 0 aliphatic carbocycles. The lowest BCUT2D eigenvalue weighted by Crippen LogP contribution is -2.38. The highest BCUT2D eigenvalue weighted by molar-refractivity contribution is 5.95. The van der Waals surface area contributed by atoms with Crippen molar-refractivity contribution in [2.75, 3.05) is 16.8 Å². The minimum Gasteiger partial charge on any atom is -0.360 e. The van der Waals surface area contributed by atoms with Crippen molar-refractivity contribution in [2.24, 2.45) is 0 Å². The fraction of sp³-hybridized carbons (Fsp3) is 0.350. The van der Waals surface area contributed by atoms with Crippen molar-refractivity contribution in [3.63, 3.8) is 0 Å². The van der Waals surface area contributed by atoms with Crippen LogP contribution in [0.25, 0.3) is 0 Å². The molecule has 0 unspecified atom stereocenters. The molecule has 2 aromatic carbocycles. The van der Waals surface area contributed by atoms with E-state index in [2.05, 4.69) is 43.1 Å². The van der Waals surface area contributed by atoms with Crippen LogP contribution in [0.3, 0.4) is 0 Å². The van der Waals surface area contributed by atoms with Crippen molar-refractivity contribution < 1.29 is 4.79 Å². The van der Waals surface area contributed by atoms with Crippen LogP contribution in [0.1, 0.15) is 30.5 Å². The van der Waals surface area contributed by atoms with Gasteiger partial charge in [-0.2, -0.15) is 0 Å². The summed E-state index contributed by atoms with van der Waals surface area (Å²) in [5.74, 6) is 0.0133. The first-order valence-electron chi connectivity index (χ1n) is 8.08. The number of aryl methyl sites for hydroxylation is 3. The number of amides is 1. The maximum atomic E-state index is 12.6. The summed E-state index contributed by atoms with van der Waals surface area (Å²) in [6.45, 7) is 10.7. The molecule has 0 fully saturated rings. The summed E-state index contributed by atoms with van der Waals surface area (Å²) in [5, 5.41) is 3.07. The zero-order chi connectivity index (χ0) is 17.0. The third-order valence-electron chi connectivity index (χ3n) is 4.11. The van der Waals surface area contributed by atoms with Gasteiger partial charge in [0.1, 0.15) is 0 Å². The van der Waals surface area contributed by atoms with Gasteiger partial charge in [0.05, 0.1) is 6.54 Å². The van der Waals surface area contributed by atoms with Gasteiger partial charge in [0.15, 0.2) is 0 Å². The summed E-state index contributed by atoms with van der Waals surface area (Å²) in [4.78, 5) is 14.7. The molecule has 0 radical (unpaired) electrons. The van der Waals surface area contributed by atoms with E-state index < -0.39 is 0 Å². The number of nitrogens with one attached hydrogen (secondary N) is 1. The molecule has 122 valence electrons. The molecule has 3 heteroatoms. The van der Waals surface area contributed by atoms with Crippen LogP contribution in [-0.4, -0.2) is 18.5 Å². The Balaban J connectivity index is 2.18. The Bertz CT molecular complexity index is 672. The number of carbonyl (C=O) groups is 1. The standard InChI is InChI=1S/C20H26N2O/c1-14(2)22(18-12-7-6-9-15(18)3)13-19(23)21-20-16(4)10-8-11-17(20)5/h6-12,14H,13H2,1-5H3,(H,21,23). The Kier molecular flexibility index (Phi) is 5.43. The molecule has 0 bridgehead atoms. The number of anilines is 2. The average molecular weight is 310 g/mol. The Morgan fingerprint density at radius 1 is 0.957 bits per heavy atom. The molecule has 23 heavy (non-hydrogen) atoms. The predicted molar refractivity (Wildman–Crippen MR) is 98.2 cm³/mol. The number of carbonyl (C=O) groups excluding carboxylic acids is 1. The molecule has 0 aliphatic heterocycles. The molecule has 0 atom stereocenters. The van der Waals surface area contributed by atoms with Crippen LogP contribution < -0.4 is 10.2 Å². The number of hydrogen-bond donors (Lipinski definition) is 1. The Morgan fingerprint density at radius 3 is 2.09 bits per heavy atom. The minimum absolute atomic E-state index is 0.0133. The van der Waals surface area contributed by atoms with Crippen LogP contribution >= 0.6 is 0 Å². The molecule has 0 spiro atoms. The van der Waals surface area contributed by atoms with Gasteiger partial charge in [0, 0.05) is 17.4 Å². The second-order valence-corrected chi connectivity index (χ2v) is 6.32. The van der Waals surface area contributed by atoms with Crippen molar-refractivity contribution in [1.82, 2.24) is 0 Å². The summed E-state index contributed by atoms with van der Waals surface area (Å²) < 4.78 is 0. The zero-order valence-corrected chi connectivity index (χ0v) is 14.7. The monoisotopic (exact) mass is 310 g/mol. The van der Waals surface area contributed by atoms with Crippen LogP contribution in [0.15, 0.2) is 42.5 Å². The SMILES string of the molecule is Cc1ccccc1N(CC(=O)Nc1c(C)cccc1C)C(C)C. The third-order valence-corrected chi connectivity index (χ3v) is 4.11. The van der Waals surface area contributed by atoms with Crippen LogP contribution in [0.5, 0.6) is 0 Å². The second kappa shape index (κ2) is 7.32. The molecule has 1 amide bonds. The van der Waals surface area contributed by atoms with Crippen LogP contribution in [0.4, 0.5) is 11.4 Å². The molecular weight excluding hydrogens is 284 g/mol. The number of rotatable bonds is 5. The van der Waals surface area contributed by atoms with E-state index in [9.17, 15) is 4.79 Å². The van der Waals surface area contributed by atoms with E-state index >= 15 is 0 Å². The van der Waals surface area contributed by atoms with Crippen molar-refractivity contribution in [3.8, 4) is 0 Å². The fourth-order valence-corrected chi connectivity index (χ4v) is 2.78. The predicted octanol–water partition coefficient (Wildman–Crippen LogP) is 4.47. The minimum atomic E-state index is 0.0133. The molecule has 0 aliphatic rings. The molecule has 0 heterocycles.